The molecule has 2 amide bonds. The molecule has 26 heavy (non-hydrogen) atoms. The number of primary amides is 1. The standard InChI is InChI=1S/C17H13F3N4O2/c1-9-14(16(26)23-12-5-2-10(3-6-12)15(21)25)24-8-11(17(18,19)20)4-7-13(24)22-9/h2-8H,1H3,(H2,21,25)(H,23,26). The minimum Gasteiger partial charge on any atom is -0.366 e. The average molecular weight is 362 g/mol. The van der Waals surface area contributed by atoms with Crippen LogP contribution in [0.15, 0.2) is 42.6 Å². The van der Waals surface area contributed by atoms with Crippen LogP contribution in [0.2, 0.25) is 0 Å². The Morgan fingerprint density at radius 1 is 1.12 bits per heavy atom. The molecular weight excluding hydrogens is 349 g/mol. The molecule has 2 heterocycles. The first kappa shape index (κ1) is 17.5. The van der Waals surface area contributed by atoms with Gasteiger partial charge in [-0.05, 0) is 43.3 Å². The number of benzene rings is 1. The second-order valence-electron chi connectivity index (χ2n) is 5.59. The van der Waals surface area contributed by atoms with E-state index in [1.54, 1.807) is 0 Å². The second-order valence-corrected chi connectivity index (χ2v) is 5.59. The summed E-state index contributed by atoms with van der Waals surface area (Å²) in [4.78, 5) is 27.7. The van der Waals surface area contributed by atoms with E-state index >= 15 is 0 Å². The van der Waals surface area contributed by atoms with Crippen LogP contribution in [0.3, 0.4) is 0 Å². The molecule has 134 valence electrons. The third kappa shape index (κ3) is 3.23. The molecule has 0 aliphatic carbocycles. The van der Waals surface area contributed by atoms with Crippen molar-refractivity contribution < 1.29 is 22.8 Å². The Kier molecular flexibility index (Phi) is 4.15. The summed E-state index contributed by atoms with van der Waals surface area (Å²) in [5, 5.41) is 2.57. The highest BCUT2D eigenvalue weighted by molar-refractivity contribution is 6.04. The van der Waals surface area contributed by atoms with E-state index in [1.165, 1.54) is 37.3 Å². The van der Waals surface area contributed by atoms with Gasteiger partial charge in [0, 0.05) is 17.4 Å². The quantitative estimate of drug-likeness (QED) is 0.751. The Hall–Kier alpha value is -3.36. The Bertz CT molecular complexity index is 1010. The summed E-state index contributed by atoms with van der Waals surface area (Å²) in [7, 11) is 0. The number of nitrogens with zero attached hydrogens (tertiary/aromatic N) is 2. The summed E-state index contributed by atoms with van der Waals surface area (Å²) >= 11 is 0. The van der Waals surface area contributed by atoms with Gasteiger partial charge in [-0.2, -0.15) is 13.2 Å². The number of hydrogen-bond donors (Lipinski definition) is 2. The zero-order chi connectivity index (χ0) is 19.1. The van der Waals surface area contributed by atoms with Gasteiger partial charge in [0.15, 0.2) is 0 Å². The van der Waals surface area contributed by atoms with Gasteiger partial charge in [-0.15, -0.1) is 0 Å². The molecule has 0 aliphatic heterocycles. The lowest BCUT2D eigenvalue weighted by Gasteiger charge is -2.09. The van der Waals surface area contributed by atoms with Crippen LogP contribution in [0.4, 0.5) is 18.9 Å². The summed E-state index contributed by atoms with van der Waals surface area (Å²) in [5.41, 5.74) is 5.39. The summed E-state index contributed by atoms with van der Waals surface area (Å²) < 4.78 is 39.9. The number of halogens is 3. The Morgan fingerprint density at radius 2 is 1.77 bits per heavy atom. The molecule has 3 N–H and O–H groups in total. The van der Waals surface area contributed by atoms with Gasteiger partial charge in [0.2, 0.25) is 5.91 Å². The molecule has 6 nitrogen and oxygen atoms in total. The number of nitrogens with two attached hydrogens (primary N) is 1. The van der Waals surface area contributed by atoms with Gasteiger partial charge in [0.05, 0.1) is 11.3 Å². The van der Waals surface area contributed by atoms with Gasteiger partial charge in [0.25, 0.3) is 5.91 Å². The number of alkyl halides is 3. The largest absolute Gasteiger partial charge is 0.417 e. The predicted molar refractivity (Wildman–Crippen MR) is 87.8 cm³/mol. The van der Waals surface area contributed by atoms with Crippen molar-refractivity contribution in [1.82, 2.24) is 9.38 Å². The maximum absolute atomic E-state index is 12.9. The smallest absolute Gasteiger partial charge is 0.366 e. The molecule has 9 heteroatoms. The van der Waals surface area contributed by atoms with E-state index < -0.39 is 23.6 Å². The number of hydrogen-bond acceptors (Lipinski definition) is 3. The van der Waals surface area contributed by atoms with E-state index in [4.69, 9.17) is 5.73 Å². The molecule has 0 atom stereocenters. The fourth-order valence-electron chi connectivity index (χ4n) is 2.51. The van der Waals surface area contributed by atoms with E-state index in [-0.39, 0.29) is 22.6 Å². The minimum absolute atomic E-state index is 0.00919. The maximum Gasteiger partial charge on any atom is 0.417 e. The zero-order valence-corrected chi connectivity index (χ0v) is 13.5. The van der Waals surface area contributed by atoms with Gasteiger partial charge in [0.1, 0.15) is 11.3 Å². The third-order valence-corrected chi connectivity index (χ3v) is 3.76. The number of amides is 2. The fraction of sp³-hybridized carbons (Fsp3) is 0.118. The van der Waals surface area contributed by atoms with E-state index in [9.17, 15) is 22.8 Å². The molecular formula is C17H13F3N4O2. The maximum atomic E-state index is 12.9. The average Bonchev–Trinajstić information content (AvgIpc) is 2.89. The van der Waals surface area contributed by atoms with Gasteiger partial charge in [-0.3, -0.25) is 14.0 Å². The number of nitrogens with one attached hydrogen (secondary N) is 1. The Balaban J connectivity index is 1.97. The number of aromatic nitrogens is 2. The van der Waals surface area contributed by atoms with Crippen LogP contribution in [0, 0.1) is 6.92 Å². The summed E-state index contributed by atoms with van der Waals surface area (Å²) in [5.74, 6) is -1.23. The van der Waals surface area contributed by atoms with Gasteiger partial charge in [-0.1, -0.05) is 0 Å². The highest BCUT2D eigenvalue weighted by Gasteiger charge is 2.31. The number of anilines is 1. The molecule has 3 rings (SSSR count). The summed E-state index contributed by atoms with van der Waals surface area (Å²) in [6.45, 7) is 1.53. The lowest BCUT2D eigenvalue weighted by molar-refractivity contribution is -0.137. The molecule has 0 spiro atoms. The molecule has 0 radical (unpaired) electrons. The number of rotatable bonds is 3. The molecule has 0 aliphatic rings. The van der Waals surface area contributed by atoms with Crippen molar-refractivity contribution in [2.45, 2.75) is 13.1 Å². The Labute approximate surface area is 145 Å². The Morgan fingerprint density at radius 3 is 2.35 bits per heavy atom. The second kappa shape index (κ2) is 6.17. The summed E-state index contributed by atoms with van der Waals surface area (Å²) in [6, 6.07) is 7.91. The van der Waals surface area contributed by atoms with Gasteiger partial charge in [-0.25, -0.2) is 4.98 Å². The molecule has 1 aromatic carbocycles. The molecule has 0 bridgehead atoms. The number of imidazole rings is 1. The zero-order valence-electron chi connectivity index (χ0n) is 13.5. The van der Waals surface area contributed by atoms with E-state index in [1.807, 2.05) is 0 Å². The first-order valence-electron chi connectivity index (χ1n) is 7.44. The monoisotopic (exact) mass is 362 g/mol. The number of carbonyl (C=O) groups excluding carboxylic acids is 2. The van der Waals surface area contributed by atoms with Crippen LogP contribution in [0.5, 0.6) is 0 Å². The molecule has 0 saturated carbocycles. The number of pyridine rings is 1. The first-order valence-corrected chi connectivity index (χ1v) is 7.44. The predicted octanol–water partition coefficient (Wildman–Crippen LogP) is 3.01. The third-order valence-electron chi connectivity index (χ3n) is 3.76. The highest BCUT2D eigenvalue weighted by Crippen LogP contribution is 2.30. The van der Waals surface area contributed by atoms with Crippen LogP contribution < -0.4 is 11.1 Å². The summed E-state index contributed by atoms with van der Waals surface area (Å²) in [6.07, 6.45) is -3.70. The van der Waals surface area contributed by atoms with Crippen molar-refractivity contribution in [2.24, 2.45) is 5.73 Å². The fourth-order valence-corrected chi connectivity index (χ4v) is 2.51. The topological polar surface area (TPSA) is 89.5 Å². The molecule has 3 aromatic rings. The lowest BCUT2D eigenvalue weighted by atomic mass is 10.2. The molecule has 0 unspecified atom stereocenters. The van der Waals surface area contributed by atoms with Crippen molar-refractivity contribution in [3.8, 4) is 0 Å². The van der Waals surface area contributed by atoms with E-state index in [0.717, 1.165) is 16.7 Å². The number of aryl methyl sites for hydroxylation is 1. The van der Waals surface area contributed by atoms with Crippen LogP contribution in [0.1, 0.15) is 32.1 Å². The number of carbonyl (C=O) groups is 2. The van der Waals surface area contributed by atoms with Crippen molar-refractivity contribution in [1.29, 1.82) is 0 Å². The number of fused-ring (bicyclic) bond motifs is 1. The van der Waals surface area contributed by atoms with Gasteiger partial charge < -0.3 is 11.1 Å². The molecule has 0 fully saturated rings. The lowest BCUT2D eigenvalue weighted by Crippen LogP contribution is -2.17. The van der Waals surface area contributed by atoms with Crippen molar-refractivity contribution >= 4 is 23.1 Å². The molecule has 2 aromatic heterocycles. The highest BCUT2D eigenvalue weighted by atomic mass is 19.4. The van der Waals surface area contributed by atoms with Crippen LogP contribution in [-0.4, -0.2) is 21.2 Å². The van der Waals surface area contributed by atoms with Crippen molar-refractivity contribution in [3.63, 3.8) is 0 Å². The van der Waals surface area contributed by atoms with Crippen LogP contribution in [0.25, 0.3) is 5.65 Å². The van der Waals surface area contributed by atoms with Gasteiger partial charge >= 0.3 is 6.18 Å². The minimum atomic E-state index is -4.54. The van der Waals surface area contributed by atoms with Crippen LogP contribution in [-0.2, 0) is 6.18 Å². The SMILES string of the molecule is Cc1nc2ccc(C(F)(F)F)cn2c1C(=O)Nc1ccc(C(N)=O)cc1. The molecule has 0 saturated heterocycles. The first-order chi connectivity index (χ1) is 12.2. The van der Waals surface area contributed by atoms with E-state index in [0.29, 0.717) is 5.69 Å². The van der Waals surface area contributed by atoms with E-state index in [2.05, 4.69) is 10.3 Å². The van der Waals surface area contributed by atoms with Crippen LogP contribution >= 0.6 is 0 Å². The normalized spacial score (nSPS) is 11.5. The van der Waals surface area contributed by atoms with Crippen molar-refractivity contribution in [2.75, 3.05) is 5.32 Å². The van der Waals surface area contributed by atoms with Crippen molar-refractivity contribution in [3.05, 3.63) is 65.1 Å².